The van der Waals surface area contributed by atoms with Crippen LogP contribution < -0.4 is 16.0 Å². The van der Waals surface area contributed by atoms with Crippen molar-refractivity contribution in [3.05, 3.63) is 52.2 Å². The Morgan fingerprint density at radius 2 is 1.92 bits per heavy atom. The van der Waals surface area contributed by atoms with Crippen molar-refractivity contribution < 1.29 is 9.21 Å². The molecule has 2 rings (SSSR count). The van der Waals surface area contributed by atoms with Gasteiger partial charge in [0.2, 0.25) is 5.89 Å². The maximum Gasteiger partial charge on any atom is 0.252 e. The summed E-state index contributed by atoms with van der Waals surface area (Å²) in [6, 6.07) is 6.95. The lowest BCUT2D eigenvalue weighted by atomic mass is 10.2. The standard InChI is InChI=1S/C18H24ClN5O2/c1-4-20-18(23-11-16-24-12(2)13(3)26-16)22-10-9-21-17(25)14-7-5-6-8-15(14)19/h5-8H,4,9-11H2,1-3H3,(H,21,25)(H2,20,22,23). The van der Waals surface area contributed by atoms with Crippen LogP contribution in [0, 0.1) is 13.8 Å². The van der Waals surface area contributed by atoms with Crippen LogP contribution >= 0.6 is 11.6 Å². The Morgan fingerprint density at radius 1 is 1.19 bits per heavy atom. The molecule has 0 fully saturated rings. The summed E-state index contributed by atoms with van der Waals surface area (Å²) >= 11 is 6.02. The molecule has 0 aliphatic heterocycles. The summed E-state index contributed by atoms with van der Waals surface area (Å²) in [5, 5.41) is 9.55. The zero-order valence-electron chi connectivity index (χ0n) is 15.2. The average Bonchev–Trinajstić information content (AvgIpc) is 2.94. The summed E-state index contributed by atoms with van der Waals surface area (Å²) in [5.74, 6) is 1.80. The number of amides is 1. The van der Waals surface area contributed by atoms with Gasteiger partial charge in [-0.2, -0.15) is 0 Å². The number of benzene rings is 1. The number of aromatic nitrogens is 1. The number of rotatable bonds is 7. The van der Waals surface area contributed by atoms with E-state index in [-0.39, 0.29) is 5.91 Å². The normalized spacial score (nSPS) is 11.3. The van der Waals surface area contributed by atoms with Crippen LogP contribution in [0.3, 0.4) is 0 Å². The number of guanidine groups is 1. The fourth-order valence-electron chi connectivity index (χ4n) is 2.19. The molecule has 1 amide bonds. The van der Waals surface area contributed by atoms with E-state index in [0.717, 1.165) is 18.0 Å². The first-order valence-corrected chi connectivity index (χ1v) is 8.87. The van der Waals surface area contributed by atoms with Crippen molar-refractivity contribution in [2.45, 2.75) is 27.3 Å². The van der Waals surface area contributed by atoms with Crippen molar-refractivity contribution >= 4 is 23.5 Å². The van der Waals surface area contributed by atoms with Gasteiger partial charge < -0.3 is 20.4 Å². The Hall–Kier alpha value is -2.54. The van der Waals surface area contributed by atoms with Crippen LogP contribution in [0.1, 0.15) is 34.6 Å². The summed E-state index contributed by atoms with van der Waals surface area (Å²) in [6.07, 6.45) is 0. The maximum absolute atomic E-state index is 12.1. The quantitative estimate of drug-likeness (QED) is 0.391. The summed E-state index contributed by atoms with van der Waals surface area (Å²) in [5.41, 5.74) is 1.33. The van der Waals surface area contributed by atoms with Crippen LogP contribution in [-0.4, -0.2) is 36.5 Å². The molecule has 2 aromatic rings. The minimum Gasteiger partial charge on any atom is -0.444 e. The Balaban J connectivity index is 1.81. The fraction of sp³-hybridized carbons (Fsp3) is 0.389. The highest BCUT2D eigenvalue weighted by Gasteiger charge is 2.09. The number of hydrogen-bond donors (Lipinski definition) is 3. The van der Waals surface area contributed by atoms with E-state index in [9.17, 15) is 4.79 Å². The molecule has 0 aliphatic rings. The second-order valence-corrected chi connectivity index (χ2v) is 6.01. The highest BCUT2D eigenvalue weighted by molar-refractivity contribution is 6.33. The van der Waals surface area contributed by atoms with E-state index in [1.54, 1.807) is 24.3 Å². The van der Waals surface area contributed by atoms with E-state index in [1.165, 1.54) is 0 Å². The number of carbonyl (C=O) groups is 1. The Labute approximate surface area is 158 Å². The molecule has 1 heterocycles. The van der Waals surface area contributed by atoms with Crippen LogP contribution in [0.25, 0.3) is 0 Å². The van der Waals surface area contributed by atoms with Crippen LogP contribution in [-0.2, 0) is 6.54 Å². The molecule has 0 unspecified atom stereocenters. The number of aliphatic imine (C=N–C) groups is 1. The van der Waals surface area contributed by atoms with E-state index in [1.807, 2.05) is 20.8 Å². The number of carbonyl (C=O) groups excluding carboxylic acids is 1. The molecule has 0 aliphatic carbocycles. The van der Waals surface area contributed by atoms with Gasteiger partial charge in [0.05, 0.1) is 16.3 Å². The average molecular weight is 378 g/mol. The smallest absolute Gasteiger partial charge is 0.252 e. The van der Waals surface area contributed by atoms with Gasteiger partial charge >= 0.3 is 0 Å². The van der Waals surface area contributed by atoms with Gasteiger partial charge in [0.1, 0.15) is 12.3 Å². The fourth-order valence-corrected chi connectivity index (χ4v) is 2.41. The van der Waals surface area contributed by atoms with E-state index in [4.69, 9.17) is 16.0 Å². The first-order valence-electron chi connectivity index (χ1n) is 8.49. The SMILES string of the molecule is CCNC(=NCc1nc(C)c(C)o1)NCCNC(=O)c1ccccc1Cl. The molecule has 8 heteroatoms. The minimum atomic E-state index is -0.204. The minimum absolute atomic E-state index is 0.204. The number of nitrogens with one attached hydrogen (secondary N) is 3. The number of oxazole rings is 1. The third-order valence-electron chi connectivity index (χ3n) is 3.61. The zero-order valence-corrected chi connectivity index (χ0v) is 16.0. The number of nitrogens with zero attached hydrogens (tertiary/aromatic N) is 2. The molecule has 0 saturated heterocycles. The lowest BCUT2D eigenvalue weighted by Crippen LogP contribution is -2.41. The summed E-state index contributed by atoms with van der Waals surface area (Å²) in [4.78, 5) is 20.8. The second kappa shape index (κ2) is 9.82. The summed E-state index contributed by atoms with van der Waals surface area (Å²) in [7, 11) is 0. The second-order valence-electron chi connectivity index (χ2n) is 5.61. The van der Waals surface area contributed by atoms with Gasteiger partial charge in [-0.1, -0.05) is 23.7 Å². The summed E-state index contributed by atoms with van der Waals surface area (Å²) < 4.78 is 5.52. The van der Waals surface area contributed by atoms with Gasteiger partial charge in [-0.25, -0.2) is 9.98 Å². The Morgan fingerprint density at radius 3 is 2.58 bits per heavy atom. The van der Waals surface area contributed by atoms with Gasteiger partial charge in [0.25, 0.3) is 5.91 Å². The molecule has 140 valence electrons. The van der Waals surface area contributed by atoms with E-state index in [2.05, 4.69) is 25.9 Å². The van der Waals surface area contributed by atoms with Crippen molar-refractivity contribution in [2.75, 3.05) is 19.6 Å². The van der Waals surface area contributed by atoms with Gasteiger partial charge in [-0.15, -0.1) is 0 Å². The predicted octanol–water partition coefficient (Wildman–Crippen LogP) is 2.43. The van der Waals surface area contributed by atoms with Crippen molar-refractivity contribution in [1.29, 1.82) is 0 Å². The van der Waals surface area contributed by atoms with Crippen molar-refractivity contribution in [3.8, 4) is 0 Å². The van der Waals surface area contributed by atoms with Gasteiger partial charge in [0, 0.05) is 19.6 Å². The Bertz CT molecular complexity index is 753. The molecule has 26 heavy (non-hydrogen) atoms. The lowest BCUT2D eigenvalue weighted by molar-refractivity contribution is 0.0954. The highest BCUT2D eigenvalue weighted by Crippen LogP contribution is 2.14. The predicted molar refractivity (Wildman–Crippen MR) is 103 cm³/mol. The van der Waals surface area contributed by atoms with Gasteiger partial charge in [0.15, 0.2) is 5.96 Å². The van der Waals surface area contributed by atoms with E-state index >= 15 is 0 Å². The Kier molecular flexibility index (Phi) is 7.47. The van der Waals surface area contributed by atoms with Crippen LogP contribution in [0.2, 0.25) is 5.02 Å². The number of hydrogen-bond acceptors (Lipinski definition) is 4. The lowest BCUT2D eigenvalue weighted by Gasteiger charge is -2.11. The van der Waals surface area contributed by atoms with Gasteiger partial charge in [-0.3, -0.25) is 4.79 Å². The molecule has 1 aromatic heterocycles. The molecular weight excluding hydrogens is 354 g/mol. The van der Waals surface area contributed by atoms with Crippen molar-refractivity contribution in [2.24, 2.45) is 4.99 Å². The zero-order chi connectivity index (χ0) is 18.9. The van der Waals surface area contributed by atoms with Gasteiger partial charge in [-0.05, 0) is 32.9 Å². The van der Waals surface area contributed by atoms with Crippen LogP contribution in [0.15, 0.2) is 33.7 Å². The molecule has 0 atom stereocenters. The highest BCUT2D eigenvalue weighted by atomic mass is 35.5. The topological polar surface area (TPSA) is 91.6 Å². The molecule has 0 spiro atoms. The first-order chi connectivity index (χ1) is 12.5. The molecule has 7 nitrogen and oxygen atoms in total. The maximum atomic E-state index is 12.1. The molecule has 0 radical (unpaired) electrons. The molecule has 3 N–H and O–H groups in total. The number of aryl methyl sites for hydroxylation is 2. The molecule has 0 saturated carbocycles. The van der Waals surface area contributed by atoms with Crippen molar-refractivity contribution in [3.63, 3.8) is 0 Å². The molecule has 1 aromatic carbocycles. The third-order valence-corrected chi connectivity index (χ3v) is 3.94. The van der Waals surface area contributed by atoms with Crippen LogP contribution in [0.5, 0.6) is 0 Å². The first kappa shape index (κ1) is 19.8. The van der Waals surface area contributed by atoms with Crippen molar-refractivity contribution in [1.82, 2.24) is 20.9 Å². The van der Waals surface area contributed by atoms with E-state index < -0.39 is 0 Å². The number of halogens is 1. The third kappa shape index (κ3) is 5.77. The van der Waals surface area contributed by atoms with Crippen LogP contribution in [0.4, 0.5) is 0 Å². The summed E-state index contributed by atoms with van der Waals surface area (Å²) in [6.45, 7) is 7.78. The largest absolute Gasteiger partial charge is 0.444 e. The monoisotopic (exact) mass is 377 g/mol. The van der Waals surface area contributed by atoms with E-state index in [0.29, 0.717) is 42.1 Å². The molecular formula is C18H24ClN5O2. The molecule has 0 bridgehead atoms.